The third-order valence-electron chi connectivity index (χ3n) is 6.04. The highest BCUT2D eigenvalue weighted by Gasteiger charge is 2.46. The molecule has 3 amide bonds. The molecule has 2 aliphatic heterocycles. The lowest BCUT2D eigenvalue weighted by atomic mass is 9.98. The van der Waals surface area contributed by atoms with Crippen LogP contribution in [0, 0.1) is 18.8 Å². The van der Waals surface area contributed by atoms with E-state index in [2.05, 4.69) is 0 Å². The van der Waals surface area contributed by atoms with Crippen molar-refractivity contribution in [3.8, 4) is 0 Å². The van der Waals surface area contributed by atoms with E-state index >= 15 is 0 Å². The van der Waals surface area contributed by atoms with E-state index in [1.54, 1.807) is 24.0 Å². The summed E-state index contributed by atoms with van der Waals surface area (Å²) in [4.78, 5) is 41.1. The molecule has 25 heavy (non-hydrogen) atoms. The van der Waals surface area contributed by atoms with Gasteiger partial charge in [0.2, 0.25) is 5.91 Å². The number of amides is 3. The summed E-state index contributed by atoms with van der Waals surface area (Å²) in [7, 11) is 0. The number of hydrogen-bond donors (Lipinski definition) is 1. The summed E-state index contributed by atoms with van der Waals surface area (Å²) >= 11 is 0. The Morgan fingerprint density at radius 3 is 2.60 bits per heavy atom. The van der Waals surface area contributed by atoms with E-state index in [0.29, 0.717) is 36.1 Å². The van der Waals surface area contributed by atoms with Gasteiger partial charge in [0.25, 0.3) is 11.8 Å². The van der Waals surface area contributed by atoms with Crippen molar-refractivity contribution in [3.63, 3.8) is 0 Å². The first-order chi connectivity index (χ1) is 11.9. The zero-order valence-electron chi connectivity index (χ0n) is 14.6. The number of likely N-dealkylation sites (tertiary alicyclic amines) is 1. The van der Waals surface area contributed by atoms with Crippen molar-refractivity contribution in [2.75, 3.05) is 13.1 Å². The van der Waals surface area contributed by atoms with Crippen LogP contribution in [0.1, 0.15) is 46.0 Å². The first-order valence-electron chi connectivity index (χ1n) is 8.91. The van der Waals surface area contributed by atoms with E-state index < -0.39 is 6.04 Å². The normalized spacial score (nSPS) is 29.2. The number of nitrogens with zero attached hydrogens (tertiary/aromatic N) is 2. The number of imide groups is 1. The number of carbonyl (C=O) groups is 3. The minimum Gasteiger partial charge on any atom is -0.340 e. The van der Waals surface area contributed by atoms with E-state index in [-0.39, 0.29) is 23.8 Å². The van der Waals surface area contributed by atoms with Gasteiger partial charge in [0.05, 0.1) is 11.1 Å². The van der Waals surface area contributed by atoms with E-state index in [1.807, 2.05) is 13.0 Å². The summed E-state index contributed by atoms with van der Waals surface area (Å²) in [5.74, 6) is -0.109. The van der Waals surface area contributed by atoms with Crippen LogP contribution in [0.15, 0.2) is 18.2 Å². The van der Waals surface area contributed by atoms with Gasteiger partial charge < -0.3 is 10.6 Å². The van der Waals surface area contributed by atoms with Crippen LogP contribution < -0.4 is 5.73 Å². The zero-order chi connectivity index (χ0) is 17.9. The van der Waals surface area contributed by atoms with Gasteiger partial charge >= 0.3 is 0 Å². The molecule has 3 aliphatic rings. The number of nitrogens with two attached hydrogens (primary N) is 1. The highest BCUT2D eigenvalue weighted by Crippen LogP contribution is 2.37. The first-order valence-corrected chi connectivity index (χ1v) is 8.91. The maximum absolute atomic E-state index is 12.9. The molecule has 0 aromatic heterocycles. The van der Waals surface area contributed by atoms with Crippen LogP contribution in [-0.4, -0.2) is 52.7 Å². The maximum Gasteiger partial charge on any atom is 0.262 e. The summed E-state index contributed by atoms with van der Waals surface area (Å²) in [5, 5.41) is 0. The predicted molar refractivity (Wildman–Crippen MR) is 91.9 cm³/mol. The smallest absolute Gasteiger partial charge is 0.262 e. The van der Waals surface area contributed by atoms with Crippen LogP contribution in [0.25, 0.3) is 0 Å². The van der Waals surface area contributed by atoms with Crippen LogP contribution in [0.3, 0.4) is 0 Å². The largest absolute Gasteiger partial charge is 0.340 e. The van der Waals surface area contributed by atoms with Gasteiger partial charge in [0.15, 0.2) is 0 Å². The Labute approximate surface area is 147 Å². The average molecular weight is 341 g/mol. The monoisotopic (exact) mass is 341 g/mol. The van der Waals surface area contributed by atoms with Crippen LogP contribution >= 0.6 is 0 Å². The zero-order valence-corrected chi connectivity index (χ0v) is 14.6. The van der Waals surface area contributed by atoms with E-state index in [9.17, 15) is 14.4 Å². The Bertz CT molecular complexity index is 775. The maximum atomic E-state index is 12.9. The van der Waals surface area contributed by atoms with Gasteiger partial charge in [0.1, 0.15) is 6.04 Å². The summed E-state index contributed by atoms with van der Waals surface area (Å²) in [5.41, 5.74) is 7.84. The lowest BCUT2D eigenvalue weighted by Crippen LogP contribution is -2.49. The molecule has 6 nitrogen and oxygen atoms in total. The molecule has 1 aromatic carbocycles. The topological polar surface area (TPSA) is 83.7 Å². The molecule has 0 spiro atoms. The van der Waals surface area contributed by atoms with Gasteiger partial charge in [-0.3, -0.25) is 19.3 Å². The van der Waals surface area contributed by atoms with Crippen molar-refractivity contribution in [1.29, 1.82) is 0 Å². The third kappa shape index (κ3) is 2.39. The molecule has 2 heterocycles. The van der Waals surface area contributed by atoms with Crippen molar-refractivity contribution in [2.45, 2.75) is 38.8 Å². The molecular formula is C19H23N3O3. The second-order valence-corrected chi connectivity index (χ2v) is 7.61. The molecule has 4 rings (SSSR count). The molecule has 4 atom stereocenters. The fraction of sp³-hybridized carbons (Fsp3) is 0.526. The Morgan fingerprint density at radius 1 is 1.16 bits per heavy atom. The standard InChI is InChI=1S/C19H23N3O3/c1-10-3-5-13-14(7-10)19(25)22(18(13)24)11(2)17(23)21-8-12-4-6-16(20)15(12)9-21/h3,5,7,11-12,15-16H,4,6,8-9,20H2,1-2H3. The highest BCUT2D eigenvalue weighted by atomic mass is 16.2. The number of carbonyl (C=O) groups excluding carboxylic acids is 3. The molecule has 1 saturated carbocycles. The molecule has 1 aromatic rings. The number of benzene rings is 1. The van der Waals surface area contributed by atoms with Crippen LogP contribution in [0.4, 0.5) is 0 Å². The molecule has 1 saturated heterocycles. The summed E-state index contributed by atoms with van der Waals surface area (Å²) in [6, 6.07) is 4.55. The molecule has 0 radical (unpaired) electrons. The van der Waals surface area contributed by atoms with Gasteiger partial charge in [-0.05, 0) is 50.7 Å². The van der Waals surface area contributed by atoms with Crippen molar-refractivity contribution >= 4 is 17.7 Å². The Balaban J connectivity index is 1.54. The van der Waals surface area contributed by atoms with Crippen molar-refractivity contribution in [3.05, 3.63) is 34.9 Å². The second-order valence-electron chi connectivity index (χ2n) is 7.61. The fourth-order valence-corrected chi connectivity index (χ4v) is 4.59. The van der Waals surface area contributed by atoms with Gasteiger partial charge in [-0.1, -0.05) is 11.6 Å². The average Bonchev–Trinajstić information content (AvgIpc) is 3.22. The quantitative estimate of drug-likeness (QED) is 0.819. The summed E-state index contributed by atoms with van der Waals surface area (Å²) < 4.78 is 0. The Hall–Kier alpha value is -2.21. The highest BCUT2D eigenvalue weighted by molar-refractivity contribution is 6.22. The van der Waals surface area contributed by atoms with Crippen LogP contribution in [0.2, 0.25) is 0 Å². The molecule has 1 aliphatic carbocycles. The van der Waals surface area contributed by atoms with Gasteiger partial charge in [-0.15, -0.1) is 0 Å². The van der Waals surface area contributed by atoms with Crippen LogP contribution in [0.5, 0.6) is 0 Å². The molecular weight excluding hydrogens is 318 g/mol. The minimum absolute atomic E-state index is 0.153. The van der Waals surface area contributed by atoms with Gasteiger partial charge in [-0.2, -0.15) is 0 Å². The number of aryl methyl sites for hydroxylation is 1. The van der Waals surface area contributed by atoms with Crippen molar-refractivity contribution < 1.29 is 14.4 Å². The van der Waals surface area contributed by atoms with E-state index in [4.69, 9.17) is 5.73 Å². The molecule has 0 bridgehead atoms. The molecule has 6 heteroatoms. The van der Waals surface area contributed by atoms with E-state index in [1.165, 1.54) is 0 Å². The van der Waals surface area contributed by atoms with Gasteiger partial charge in [0, 0.05) is 19.1 Å². The SMILES string of the molecule is Cc1ccc2c(c1)C(=O)N(C(C)C(=O)N1CC3CCC(N)C3C1)C2=O. The predicted octanol–water partition coefficient (Wildman–Crippen LogP) is 1.18. The molecule has 2 fully saturated rings. The van der Waals surface area contributed by atoms with Crippen molar-refractivity contribution in [1.82, 2.24) is 9.80 Å². The lowest BCUT2D eigenvalue weighted by molar-refractivity contribution is -0.134. The number of rotatable bonds is 2. The summed E-state index contributed by atoms with van der Waals surface area (Å²) in [6.07, 6.45) is 2.07. The van der Waals surface area contributed by atoms with E-state index in [0.717, 1.165) is 23.3 Å². The lowest BCUT2D eigenvalue weighted by Gasteiger charge is -2.27. The third-order valence-corrected chi connectivity index (χ3v) is 6.04. The number of fused-ring (bicyclic) bond motifs is 2. The Kier molecular flexibility index (Phi) is 3.68. The summed E-state index contributed by atoms with van der Waals surface area (Å²) in [6.45, 7) is 4.84. The Morgan fingerprint density at radius 2 is 1.88 bits per heavy atom. The van der Waals surface area contributed by atoms with Gasteiger partial charge in [-0.25, -0.2) is 0 Å². The number of hydrogen-bond acceptors (Lipinski definition) is 4. The van der Waals surface area contributed by atoms with Crippen molar-refractivity contribution in [2.24, 2.45) is 17.6 Å². The fourth-order valence-electron chi connectivity index (χ4n) is 4.59. The second kappa shape index (κ2) is 5.66. The van der Waals surface area contributed by atoms with Crippen LogP contribution in [-0.2, 0) is 4.79 Å². The first kappa shape index (κ1) is 16.3. The molecule has 4 unspecified atom stereocenters. The molecule has 2 N–H and O–H groups in total. The minimum atomic E-state index is -0.789. The molecule has 132 valence electrons.